The minimum absolute atomic E-state index is 0. The Labute approximate surface area is 127 Å². The van der Waals surface area contributed by atoms with E-state index in [1.165, 1.54) is 26.9 Å². The molecule has 1 nitrogen and oxygen atoms in total. The predicted molar refractivity (Wildman–Crippen MR) is 79.0 cm³/mol. The molecule has 0 aromatic heterocycles. The minimum atomic E-state index is 0. The summed E-state index contributed by atoms with van der Waals surface area (Å²) in [5.41, 5.74) is 0. The van der Waals surface area contributed by atoms with Crippen molar-refractivity contribution in [3.8, 4) is 5.75 Å². The molecule has 82 valence electrons. The van der Waals surface area contributed by atoms with Crippen LogP contribution in [0.15, 0.2) is 54.6 Å². The third-order valence-electron chi connectivity index (χ3n) is 3.51. The SMILES string of the molecule is Oc1ccc2ccc3cccc4ccc1c2c34.[NaH]. The Balaban J connectivity index is 0.000001000. The van der Waals surface area contributed by atoms with Gasteiger partial charge in [0.2, 0.25) is 0 Å². The standard InChI is InChI=1S/C16H10O.Na.H/c17-14-9-7-12-5-4-10-2-1-3-11-6-8-13(14)16(12)15(10)11;;/h1-9,17H;;. The fourth-order valence-corrected chi connectivity index (χ4v) is 2.72. The maximum absolute atomic E-state index is 9.95. The molecule has 0 saturated heterocycles. The van der Waals surface area contributed by atoms with Crippen LogP contribution >= 0.6 is 0 Å². The Hall–Kier alpha value is -1.28. The quantitative estimate of drug-likeness (QED) is 0.368. The Morgan fingerprint density at radius 3 is 1.89 bits per heavy atom. The van der Waals surface area contributed by atoms with Crippen LogP contribution in [0.2, 0.25) is 0 Å². The van der Waals surface area contributed by atoms with Gasteiger partial charge in [-0.2, -0.15) is 0 Å². The molecule has 0 radical (unpaired) electrons. The van der Waals surface area contributed by atoms with Crippen molar-refractivity contribution in [2.75, 3.05) is 0 Å². The second-order valence-corrected chi connectivity index (χ2v) is 4.44. The number of benzene rings is 4. The third-order valence-corrected chi connectivity index (χ3v) is 3.51. The van der Waals surface area contributed by atoms with Crippen molar-refractivity contribution in [3.63, 3.8) is 0 Å². The molecule has 4 aromatic rings. The topological polar surface area (TPSA) is 20.2 Å². The molecule has 0 spiro atoms. The molecule has 4 aromatic carbocycles. The van der Waals surface area contributed by atoms with E-state index in [0.717, 1.165) is 5.39 Å². The molecule has 0 aliphatic rings. The number of phenolic OH excluding ortho intramolecular Hbond substituents is 1. The van der Waals surface area contributed by atoms with Crippen molar-refractivity contribution in [2.45, 2.75) is 0 Å². The van der Waals surface area contributed by atoms with Gasteiger partial charge in [-0.05, 0) is 27.6 Å². The van der Waals surface area contributed by atoms with Gasteiger partial charge in [-0.1, -0.05) is 48.5 Å². The van der Waals surface area contributed by atoms with Gasteiger partial charge in [0.15, 0.2) is 0 Å². The van der Waals surface area contributed by atoms with E-state index in [4.69, 9.17) is 0 Å². The van der Waals surface area contributed by atoms with Crippen LogP contribution in [-0.2, 0) is 0 Å². The van der Waals surface area contributed by atoms with Crippen LogP contribution in [0.25, 0.3) is 32.3 Å². The van der Waals surface area contributed by atoms with Gasteiger partial charge in [-0.3, -0.25) is 0 Å². The zero-order valence-electron chi connectivity index (χ0n) is 9.14. The summed E-state index contributed by atoms with van der Waals surface area (Å²) >= 11 is 0. The summed E-state index contributed by atoms with van der Waals surface area (Å²) in [6.45, 7) is 0. The molecular weight excluding hydrogens is 231 g/mol. The van der Waals surface area contributed by atoms with E-state index in [-0.39, 0.29) is 29.6 Å². The molecule has 18 heavy (non-hydrogen) atoms. The van der Waals surface area contributed by atoms with Crippen molar-refractivity contribution < 1.29 is 5.11 Å². The summed E-state index contributed by atoms with van der Waals surface area (Å²) in [6, 6.07) is 18.4. The number of rotatable bonds is 0. The maximum atomic E-state index is 9.95. The molecule has 0 bridgehead atoms. The Morgan fingerprint density at radius 1 is 0.611 bits per heavy atom. The molecular formula is C16H11NaO. The summed E-state index contributed by atoms with van der Waals surface area (Å²) in [4.78, 5) is 0. The monoisotopic (exact) mass is 242 g/mol. The molecule has 2 heteroatoms. The molecule has 0 unspecified atom stereocenters. The molecule has 4 rings (SSSR count). The van der Waals surface area contributed by atoms with Crippen LogP contribution in [0.1, 0.15) is 0 Å². The summed E-state index contributed by atoms with van der Waals surface area (Å²) in [5.74, 6) is 0.357. The molecule has 0 heterocycles. The van der Waals surface area contributed by atoms with Crippen LogP contribution in [0.3, 0.4) is 0 Å². The van der Waals surface area contributed by atoms with Crippen molar-refractivity contribution in [2.24, 2.45) is 0 Å². The first-order chi connectivity index (χ1) is 8.34. The predicted octanol–water partition coefficient (Wildman–Crippen LogP) is 3.64. The number of phenols is 1. The Bertz CT molecular complexity index is 836. The zero-order chi connectivity index (χ0) is 11.4. The first kappa shape index (κ1) is 11.8. The second-order valence-electron chi connectivity index (χ2n) is 4.44. The molecule has 0 atom stereocenters. The summed E-state index contributed by atoms with van der Waals surface area (Å²) in [5, 5.41) is 16.9. The Morgan fingerprint density at radius 2 is 1.17 bits per heavy atom. The number of hydrogen-bond donors (Lipinski definition) is 1. The van der Waals surface area contributed by atoms with Crippen LogP contribution in [0.5, 0.6) is 5.75 Å². The zero-order valence-corrected chi connectivity index (χ0v) is 9.14. The van der Waals surface area contributed by atoms with E-state index >= 15 is 0 Å². The van der Waals surface area contributed by atoms with Gasteiger partial charge in [0.25, 0.3) is 0 Å². The van der Waals surface area contributed by atoms with E-state index < -0.39 is 0 Å². The van der Waals surface area contributed by atoms with Crippen LogP contribution in [0, 0.1) is 0 Å². The fraction of sp³-hybridized carbons (Fsp3) is 0. The first-order valence-electron chi connectivity index (χ1n) is 5.70. The normalized spacial score (nSPS) is 11.1. The number of aromatic hydroxyl groups is 1. The van der Waals surface area contributed by atoms with E-state index in [0.29, 0.717) is 5.75 Å². The Kier molecular flexibility index (Phi) is 2.70. The summed E-state index contributed by atoms with van der Waals surface area (Å²) in [6.07, 6.45) is 0. The van der Waals surface area contributed by atoms with Gasteiger partial charge in [0.05, 0.1) is 0 Å². The molecule has 0 amide bonds. The molecule has 0 aliphatic carbocycles. The van der Waals surface area contributed by atoms with Crippen LogP contribution in [-0.4, -0.2) is 34.7 Å². The van der Waals surface area contributed by atoms with Gasteiger partial charge in [-0.25, -0.2) is 0 Å². The average molecular weight is 242 g/mol. The van der Waals surface area contributed by atoms with Crippen LogP contribution < -0.4 is 0 Å². The van der Waals surface area contributed by atoms with E-state index in [2.05, 4.69) is 36.4 Å². The molecule has 0 aliphatic heterocycles. The third kappa shape index (κ3) is 1.45. The summed E-state index contributed by atoms with van der Waals surface area (Å²) < 4.78 is 0. The van der Waals surface area contributed by atoms with Crippen molar-refractivity contribution in [1.82, 2.24) is 0 Å². The van der Waals surface area contributed by atoms with Gasteiger partial charge in [0.1, 0.15) is 5.75 Å². The van der Waals surface area contributed by atoms with Crippen molar-refractivity contribution >= 4 is 61.9 Å². The molecule has 0 saturated carbocycles. The molecule has 0 fully saturated rings. The van der Waals surface area contributed by atoms with Gasteiger partial charge in [-0.15, -0.1) is 0 Å². The van der Waals surface area contributed by atoms with Crippen molar-refractivity contribution in [3.05, 3.63) is 54.6 Å². The van der Waals surface area contributed by atoms with E-state index in [1.54, 1.807) is 6.07 Å². The summed E-state index contributed by atoms with van der Waals surface area (Å²) in [7, 11) is 0. The average Bonchev–Trinajstić information content (AvgIpc) is 2.38. The van der Waals surface area contributed by atoms with Gasteiger partial charge < -0.3 is 5.11 Å². The van der Waals surface area contributed by atoms with E-state index in [9.17, 15) is 5.11 Å². The van der Waals surface area contributed by atoms with Crippen molar-refractivity contribution in [1.29, 1.82) is 0 Å². The second kappa shape index (κ2) is 4.13. The number of hydrogen-bond acceptors (Lipinski definition) is 1. The van der Waals surface area contributed by atoms with Gasteiger partial charge in [0, 0.05) is 10.8 Å². The van der Waals surface area contributed by atoms with Crippen LogP contribution in [0.4, 0.5) is 0 Å². The van der Waals surface area contributed by atoms with E-state index in [1.807, 2.05) is 12.1 Å². The fourth-order valence-electron chi connectivity index (χ4n) is 2.72. The first-order valence-corrected chi connectivity index (χ1v) is 5.70. The molecule has 1 N–H and O–H groups in total. The van der Waals surface area contributed by atoms with Gasteiger partial charge >= 0.3 is 29.6 Å².